The van der Waals surface area contributed by atoms with Gasteiger partial charge in [0.2, 0.25) is 5.91 Å². The Bertz CT molecular complexity index is 486. The van der Waals surface area contributed by atoms with Crippen LogP contribution in [0.4, 0.5) is 5.82 Å². The summed E-state index contributed by atoms with van der Waals surface area (Å²) in [6, 6.07) is 2.90. The molecule has 0 unspecified atom stereocenters. The van der Waals surface area contributed by atoms with Gasteiger partial charge in [-0.15, -0.1) is 0 Å². The summed E-state index contributed by atoms with van der Waals surface area (Å²) in [5.74, 6) is -0.151. The molecule has 2 heterocycles. The van der Waals surface area contributed by atoms with Crippen molar-refractivity contribution in [3.63, 3.8) is 0 Å². The van der Waals surface area contributed by atoms with Crippen molar-refractivity contribution in [3.8, 4) is 0 Å². The first-order valence-corrected chi connectivity index (χ1v) is 5.81. The number of nitrogens with zero attached hydrogens (tertiary/aromatic N) is 3. The van der Waals surface area contributed by atoms with E-state index in [-0.39, 0.29) is 29.3 Å². The van der Waals surface area contributed by atoms with Gasteiger partial charge in [0.05, 0.1) is 0 Å². The number of nitrogen functional groups attached to an aromatic ring is 1. The molecule has 1 aliphatic heterocycles. The maximum Gasteiger partial charge on any atom is 0.254 e. The smallest absolute Gasteiger partial charge is 0.254 e. The van der Waals surface area contributed by atoms with E-state index in [0.29, 0.717) is 18.7 Å². The van der Waals surface area contributed by atoms with E-state index in [1.807, 2.05) is 0 Å². The summed E-state index contributed by atoms with van der Waals surface area (Å²) in [4.78, 5) is 30.6. The molecule has 6 nitrogen and oxygen atoms in total. The summed E-state index contributed by atoms with van der Waals surface area (Å²) in [5, 5.41) is 0.166. The second-order valence-corrected chi connectivity index (χ2v) is 4.53. The van der Waals surface area contributed by atoms with Crippen molar-refractivity contribution in [2.75, 3.05) is 32.4 Å². The molecule has 7 heteroatoms. The van der Waals surface area contributed by atoms with Crippen LogP contribution in [0.3, 0.4) is 0 Å². The minimum absolute atomic E-state index is 0.0786. The Kier molecular flexibility index (Phi) is 3.38. The van der Waals surface area contributed by atoms with Crippen molar-refractivity contribution in [1.29, 1.82) is 0 Å². The molecule has 0 aromatic carbocycles. The Balaban J connectivity index is 2.18. The number of halogens is 1. The molecule has 0 atom stereocenters. The summed E-state index contributed by atoms with van der Waals surface area (Å²) < 4.78 is 0. The van der Waals surface area contributed by atoms with Gasteiger partial charge in [0.1, 0.15) is 17.5 Å². The Morgan fingerprint density at radius 2 is 2.17 bits per heavy atom. The highest BCUT2D eigenvalue weighted by Crippen LogP contribution is 2.15. The Hall–Kier alpha value is -1.82. The highest BCUT2D eigenvalue weighted by molar-refractivity contribution is 6.29. The molecule has 1 aliphatic rings. The third-order valence-electron chi connectivity index (χ3n) is 2.81. The molecule has 2 amide bonds. The number of carbonyl (C=O) groups is 2. The molecule has 0 bridgehead atoms. The van der Waals surface area contributed by atoms with E-state index < -0.39 is 0 Å². The fourth-order valence-electron chi connectivity index (χ4n) is 1.76. The van der Waals surface area contributed by atoms with Crippen LogP contribution in [0, 0.1) is 0 Å². The maximum absolute atomic E-state index is 12.2. The SMILES string of the molecule is CN1CCN(C(=O)c2cc(N)nc(Cl)c2)CC1=O. The van der Waals surface area contributed by atoms with Gasteiger partial charge in [0.15, 0.2) is 0 Å². The average Bonchev–Trinajstić information content (AvgIpc) is 2.30. The van der Waals surface area contributed by atoms with Crippen LogP contribution in [-0.2, 0) is 4.79 Å². The molecular weight excluding hydrogens is 256 g/mol. The molecule has 0 saturated carbocycles. The van der Waals surface area contributed by atoms with Gasteiger partial charge in [0.25, 0.3) is 5.91 Å². The number of carbonyl (C=O) groups excluding carboxylic acids is 2. The van der Waals surface area contributed by atoms with Gasteiger partial charge >= 0.3 is 0 Å². The van der Waals surface area contributed by atoms with Crippen LogP contribution in [0.15, 0.2) is 12.1 Å². The van der Waals surface area contributed by atoms with E-state index in [1.54, 1.807) is 11.9 Å². The molecule has 1 saturated heterocycles. The van der Waals surface area contributed by atoms with Crippen molar-refractivity contribution in [2.24, 2.45) is 0 Å². The van der Waals surface area contributed by atoms with E-state index in [0.717, 1.165) is 0 Å². The number of amides is 2. The zero-order valence-electron chi connectivity index (χ0n) is 9.89. The standard InChI is InChI=1S/C11H13ClN4O2/c1-15-2-3-16(6-10(15)17)11(18)7-4-8(12)14-9(13)5-7/h4-5H,2-3,6H2,1H3,(H2,13,14). The third kappa shape index (κ3) is 2.53. The summed E-state index contributed by atoms with van der Waals surface area (Å²) in [5.41, 5.74) is 5.89. The van der Waals surface area contributed by atoms with Gasteiger partial charge in [-0.05, 0) is 12.1 Å². The Labute approximate surface area is 109 Å². The number of rotatable bonds is 1. The molecule has 18 heavy (non-hydrogen) atoms. The van der Waals surface area contributed by atoms with Gasteiger partial charge in [0, 0.05) is 25.7 Å². The van der Waals surface area contributed by atoms with Gasteiger partial charge in [-0.1, -0.05) is 11.6 Å². The molecule has 0 radical (unpaired) electrons. The fraction of sp³-hybridized carbons (Fsp3) is 0.364. The van der Waals surface area contributed by atoms with E-state index in [1.165, 1.54) is 17.0 Å². The first kappa shape index (κ1) is 12.6. The predicted octanol–water partition coefficient (Wildman–Crippen LogP) is 0.231. The number of hydrogen-bond acceptors (Lipinski definition) is 4. The number of pyridine rings is 1. The Morgan fingerprint density at radius 3 is 2.78 bits per heavy atom. The summed E-state index contributed by atoms with van der Waals surface area (Å²) in [7, 11) is 1.71. The molecule has 96 valence electrons. The summed E-state index contributed by atoms with van der Waals surface area (Å²) in [6.07, 6.45) is 0. The van der Waals surface area contributed by atoms with Crippen molar-refractivity contribution in [1.82, 2.24) is 14.8 Å². The summed E-state index contributed by atoms with van der Waals surface area (Å²) in [6.45, 7) is 1.11. The fourth-order valence-corrected chi connectivity index (χ4v) is 1.97. The zero-order valence-corrected chi connectivity index (χ0v) is 10.6. The lowest BCUT2D eigenvalue weighted by Gasteiger charge is -2.32. The number of anilines is 1. The number of piperazine rings is 1. The Morgan fingerprint density at radius 1 is 1.44 bits per heavy atom. The quantitative estimate of drug-likeness (QED) is 0.740. The molecule has 0 aliphatic carbocycles. The molecule has 1 fully saturated rings. The second kappa shape index (κ2) is 4.81. The highest BCUT2D eigenvalue weighted by Gasteiger charge is 2.25. The predicted molar refractivity (Wildman–Crippen MR) is 67.2 cm³/mol. The minimum atomic E-state index is -0.257. The van der Waals surface area contributed by atoms with Crippen LogP contribution in [0.25, 0.3) is 0 Å². The lowest BCUT2D eigenvalue weighted by molar-refractivity contribution is -0.133. The number of aromatic nitrogens is 1. The van der Waals surface area contributed by atoms with Crippen LogP contribution < -0.4 is 5.73 Å². The van der Waals surface area contributed by atoms with Crippen LogP contribution in [0.5, 0.6) is 0 Å². The van der Waals surface area contributed by atoms with E-state index >= 15 is 0 Å². The molecule has 2 N–H and O–H groups in total. The highest BCUT2D eigenvalue weighted by atomic mass is 35.5. The van der Waals surface area contributed by atoms with E-state index in [2.05, 4.69) is 4.98 Å². The molecule has 1 aromatic heterocycles. The van der Waals surface area contributed by atoms with Crippen LogP contribution in [0.1, 0.15) is 10.4 Å². The number of nitrogens with two attached hydrogens (primary N) is 1. The van der Waals surface area contributed by atoms with E-state index in [4.69, 9.17) is 17.3 Å². The average molecular weight is 269 g/mol. The minimum Gasteiger partial charge on any atom is -0.384 e. The largest absolute Gasteiger partial charge is 0.384 e. The van der Waals surface area contributed by atoms with Gasteiger partial charge in [-0.3, -0.25) is 9.59 Å². The molecular formula is C11H13ClN4O2. The zero-order chi connectivity index (χ0) is 13.3. The third-order valence-corrected chi connectivity index (χ3v) is 3.00. The van der Waals surface area contributed by atoms with Crippen molar-refractivity contribution >= 4 is 29.2 Å². The van der Waals surface area contributed by atoms with Gasteiger partial charge in [-0.25, -0.2) is 4.98 Å². The second-order valence-electron chi connectivity index (χ2n) is 4.15. The summed E-state index contributed by atoms with van der Waals surface area (Å²) >= 11 is 5.75. The van der Waals surface area contributed by atoms with Crippen LogP contribution in [-0.4, -0.2) is 53.3 Å². The van der Waals surface area contributed by atoms with Gasteiger partial charge in [-0.2, -0.15) is 0 Å². The normalized spacial score (nSPS) is 16.0. The lowest BCUT2D eigenvalue weighted by Crippen LogP contribution is -2.50. The molecule has 0 spiro atoms. The van der Waals surface area contributed by atoms with Gasteiger partial charge < -0.3 is 15.5 Å². The first-order valence-electron chi connectivity index (χ1n) is 5.43. The van der Waals surface area contributed by atoms with E-state index in [9.17, 15) is 9.59 Å². The maximum atomic E-state index is 12.2. The van der Waals surface area contributed by atoms with Crippen molar-refractivity contribution in [2.45, 2.75) is 0 Å². The lowest BCUT2D eigenvalue weighted by atomic mass is 10.2. The monoisotopic (exact) mass is 268 g/mol. The molecule has 1 aromatic rings. The number of hydrogen-bond donors (Lipinski definition) is 1. The topological polar surface area (TPSA) is 79.5 Å². The van der Waals surface area contributed by atoms with Crippen LogP contribution in [0.2, 0.25) is 5.15 Å². The molecule has 2 rings (SSSR count). The van der Waals surface area contributed by atoms with Crippen molar-refractivity contribution in [3.05, 3.63) is 22.8 Å². The van der Waals surface area contributed by atoms with Crippen LogP contribution >= 0.6 is 11.6 Å². The van der Waals surface area contributed by atoms with Crippen molar-refractivity contribution < 1.29 is 9.59 Å². The number of likely N-dealkylation sites (N-methyl/N-ethyl adjacent to an activating group) is 1. The first-order chi connectivity index (χ1) is 8.47.